The molecule has 6 rings (SSSR count). The molecule has 1 aliphatic heterocycles. The summed E-state index contributed by atoms with van der Waals surface area (Å²) in [6, 6.07) is 20.1. The molecule has 0 saturated carbocycles. The van der Waals surface area contributed by atoms with Crippen molar-refractivity contribution in [2.24, 2.45) is 0 Å². The van der Waals surface area contributed by atoms with E-state index >= 15 is 19.2 Å². The van der Waals surface area contributed by atoms with Gasteiger partial charge in [-0.3, -0.25) is 33.7 Å². The maximum Gasteiger partial charge on any atom is 0.411 e. The summed E-state index contributed by atoms with van der Waals surface area (Å²) in [6.07, 6.45) is -1.57. The largest absolute Gasteiger partial charge is 0.508 e. The third-order valence-corrected chi connectivity index (χ3v) is 16.0. The Kier molecular flexibility index (Phi) is 24.9. The number of aliphatic hydroxyl groups excluding tert-OH is 1. The second-order valence-corrected chi connectivity index (χ2v) is 25.7. The number of ether oxygens (including phenoxy) is 2. The predicted octanol–water partition coefficient (Wildman–Crippen LogP) is 5.17. The van der Waals surface area contributed by atoms with Crippen molar-refractivity contribution < 1.29 is 67.9 Å². The standard InChI is InChI=1S/C62H79N9O14S2/c1-37(72)51-57(79)69-49(58(80)81)36-87-86-35-48(68-56(78)50(31-38-18-10-8-11-19-38)71(60(83)85-62(5,6)7)34-40-20-12-9-13-21-40)55(77)66-46(30-39-25-27-42(73)28-26-39)53(75)67-47(32-41-33-64-44-23-15-14-22-43(41)44)54(76)65-45(52(74)70-51)24-16-17-29-63-59(82)84-61(2,3)4/h8-15,18-23,25-28,33,37,45-51,64,72-73H,16-17,24,29-32,34-36H2,1-7H3,(H,63,82)(H,65,76)(H,66,77)(H,67,75)(H,68,78)(H,69,79)(H,70,74)(H,80,81)/t37-,45+,46+,47-,48+,49+,50-,51+/m1/s1. The highest BCUT2D eigenvalue weighted by atomic mass is 33.1. The summed E-state index contributed by atoms with van der Waals surface area (Å²) in [5.41, 5.74) is 1.26. The minimum absolute atomic E-state index is 0.0548. The van der Waals surface area contributed by atoms with Gasteiger partial charge in [0.2, 0.25) is 35.4 Å². The molecule has 0 bridgehead atoms. The summed E-state index contributed by atoms with van der Waals surface area (Å²) >= 11 is 0. The molecule has 8 amide bonds. The van der Waals surface area contributed by atoms with Crippen LogP contribution >= 0.6 is 21.6 Å². The number of carbonyl (C=O) groups is 9. The number of hydrogen-bond acceptors (Lipinski definition) is 15. The van der Waals surface area contributed by atoms with Crippen LogP contribution in [-0.2, 0) is 68.8 Å². The molecule has 23 nitrogen and oxygen atoms in total. The molecule has 1 saturated heterocycles. The molecule has 5 aromatic rings. The zero-order valence-corrected chi connectivity index (χ0v) is 51.4. The number of benzene rings is 4. The molecule has 25 heteroatoms. The number of carbonyl (C=O) groups excluding carboxylic acids is 8. The van der Waals surface area contributed by atoms with E-state index in [4.69, 9.17) is 9.47 Å². The zero-order valence-electron chi connectivity index (χ0n) is 49.8. The van der Waals surface area contributed by atoms with Crippen LogP contribution in [0.15, 0.2) is 115 Å². The number of hydrogen-bond donors (Lipinski definition) is 11. The summed E-state index contributed by atoms with van der Waals surface area (Å²) < 4.78 is 11.2. The van der Waals surface area contributed by atoms with Crippen LogP contribution in [0.5, 0.6) is 5.75 Å². The van der Waals surface area contributed by atoms with Crippen LogP contribution in [0.3, 0.4) is 0 Å². The highest BCUT2D eigenvalue weighted by molar-refractivity contribution is 8.76. The van der Waals surface area contributed by atoms with Crippen molar-refractivity contribution in [3.8, 4) is 5.75 Å². The molecular weight excluding hydrogens is 1160 g/mol. The van der Waals surface area contributed by atoms with E-state index in [1.165, 1.54) is 36.1 Å². The number of nitrogens with zero attached hydrogens (tertiary/aromatic N) is 1. The van der Waals surface area contributed by atoms with E-state index in [1.807, 2.05) is 12.1 Å². The van der Waals surface area contributed by atoms with Crippen molar-refractivity contribution in [2.75, 3.05) is 18.1 Å². The summed E-state index contributed by atoms with van der Waals surface area (Å²) in [6.45, 7) is 11.4. The topological polar surface area (TPSA) is 336 Å². The van der Waals surface area contributed by atoms with E-state index in [0.29, 0.717) is 33.2 Å². The quantitative estimate of drug-likeness (QED) is 0.0398. The highest BCUT2D eigenvalue weighted by Crippen LogP contribution is 2.26. The normalized spacial score (nSPS) is 20.2. The Labute approximate surface area is 513 Å². The fourth-order valence-electron chi connectivity index (χ4n) is 9.23. The molecule has 468 valence electrons. The first-order valence-electron chi connectivity index (χ1n) is 28.6. The van der Waals surface area contributed by atoms with Crippen LogP contribution in [-0.4, -0.2) is 156 Å². The number of amides is 8. The average Bonchev–Trinajstić information content (AvgIpc) is 3.56. The number of nitrogens with one attached hydrogen (secondary N) is 8. The maximum absolute atomic E-state index is 15.2. The lowest BCUT2D eigenvalue weighted by Gasteiger charge is -2.34. The molecule has 0 radical (unpaired) electrons. The number of unbranched alkanes of at least 4 members (excludes halogenated alkanes) is 1. The number of carboxylic acid groups (broad SMARTS) is 1. The van der Waals surface area contributed by atoms with Gasteiger partial charge in [0, 0.05) is 61.0 Å². The molecule has 1 aliphatic rings. The molecule has 0 aliphatic carbocycles. The number of aromatic amines is 1. The highest BCUT2D eigenvalue weighted by Gasteiger charge is 2.39. The van der Waals surface area contributed by atoms with E-state index < -0.39 is 113 Å². The van der Waals surface area contributed by atoms with Crippen LogP contribution in [0, 0.1) is 0 Å². The van der Waals surface area contributed by atoms with Crippen molar-refractivity contribution in [3.05, 3.63) is 138 Å². The lowest BCUT2D eigenvalue weighted by molar-refractivity contribution is -0.142. The van der Waals surface area contributed by atoms with Crippen molar-refractivity contribution in [1.82, 2.24) is 47.1 Å². The first kappa shape index (κ1) is 67.8. The van der Waals surface area contributed by atoms with Gasteiger partial charge in [-0.05, 0) is 108 Å². The molecule has 0 unspecified atom stereocenters. The number of phenols is 1. The Bertz CT molecular complexity index is 3160. The predicted molar refractivity (Wildman–Crippen MR) is 330 cm³/mol. The lowest BCUT2D eigenvalue weighted by Crippen LogP contribution is -2.62. The Morgan fingerprint density at radius 3 is 1.86 bits per heavy atom. The van der Waals surface area contributed by atoms with Crippen molar-refractivity contribution >= 4 is 86.1 Å². The van der Waals surface area contributed by atoms with E-state index in [-0.39, 0.29) is 68.9 Å². The van der Waals surface area contributed by atoms with Crippen LogP contribution in [0.25, 0.3) is 10.9 Å². The average molecular weight is 1240 g/mol. The number of aliphatic hydroxyl groups is 1. The number of rotatable bonds is 18. The number of carboxylic acids is 1. The number of aromatic nitrogens is 1. The van der Waals surface area contributed by atoms with E-state index in [0.717, 1.165) is 21.6 Å². The SMILES string of the molecule is C[C@@H](O)[C@@H]1NC(=O)[C@H](CCCCNC(=O)OC(C)(C)C)NC(=O)[C@@H](Cc2c[nH]c3ccccc23)NC(=O)[C@H](Cc2ccc(O)cc2)NC(=O)[C@@H](NC(=O)[C@@H](Cc2ccccc2)N(Cc2ccccc2)C(=O)OC(C)(C)C)CSSC[C@@H](C(=O)O)NC1=O. The molecule has 0 spiro atoms. The fraction of sp³-hybridized carbons (Fsp3) is 0.435. The molecule has 8 atom stereocenters. The van der Waals surface area contributed by atoms with Gasteiger partial charge in [-0.25, -0.2) is 14.4 Å². The van der Waals surface area contributed by atoms with Gasteiger partial charge in [-0.15, -0.1) is 0 Å². The van der Waals surface area contributed by atoms with Gasteiger partial charge in [0.1, 0.15) is 59.2 Å². The number of aliphatic carboxylic acids is 1. The van der Waals surface area contributed by atoms with Gasteiger partial charge in [0.25, 0.3) is 0 Å². The van der Waals surface area contributed by atoms with Gasteiger partial charge in [0.05, 0.1) is 6.10 Å². The van der Waals surface area contributed by atoms with Crippen molar-refractivity contribution in [2.45, 2.75) is 153 Å². The molecule has 11 N–H and O–H groups in total. The second kappa shape index (κ2) is 31.9. The number of fused-ring (bicyclic) bond motifs is 1. The maximum atomic E-state index is 15.2. The molecule has 1 fully saturated rings. The molecule has 2 heterocycles. The molecular formula is C62H79N9O14S2. The minimum atomic E-state index is -1.76. The smallest absolute Gasteiger partial charge is 0.411 e. The number of aromatic hydroxyl groups is 1. The molecule has 87 heavy (non-hydrogen) atoms. The molecule has 4 aromatic carbocycles. The number of para-hydroxylation sites is 1. The zero-order chi connectivity index (χ0) is 63.4. The van der Waals surface area contributed by atoms with Crippen LogP contribution in [0.4, 0.5) is 9.59 Å². The number of alkyl carbamates (subject to hydrolysis) is 1. The van der Waals surface area contributed by atoms with Crippen molar-refractivity contribution in [1.29, 1.82) is 0 Å². The van der Waals surface area contributed by atoms with E-state index in [2.05, 4.69) is 42.2 Å². The lowest BCUT2D eigenvalue weighted by atomic mass is 10.0. The first-order chi connectivity index (χ1) is 41.2. The summed E-state index contributed by atoms with van der Waals surface area (Å²) in [5, 5.41) is 51.0. The number of phenolic OH excluding ortho intramolecular Hbond substituents is 1. The van der Waals surface area contributed by atoms with Gasteiger partial charge < -0.3 is 67.0 Å². The van der Waals surface area contributed by atoms with Crippen LogP contribution in [0.1, 0.15) is 90.0 Å². The van der Waals surface area contributed by atoms with E-state index in [9.17, 15) is 39.3 Å². The first-order valence-corrected chi connectivity index (χ1v) is 31.1. The van der Waals surface area contributed by atoms with Crippen LogP contribution < -0.4 is 37.2 Å². The third-order valence-electron chi connectivity index (χ3n) is 13.6. The Morgan fingerprint density at radius 2 is 1.23 bits per heavy atom. The minimum Gasteiger partial charge on any atom is -0.508 e. The van der Waals surface area contributed by atoms with E-state index in [1.54, 1.807) is 121 Å². The molecule has 1 aromatic heterocycles. The Morgan fingerprint density at radius 1 is 0.655 bits per heavy atom. The van der Waals surface area contributed by atoms with Gasteiger partial charge >= 0.3 is 18.2 Å². The third kappa shape index (κ3) is 21.9. The van der Waals surface area contributed by atoms with Gasteiger partial charge in [-0.2, -0.15) is 0 Å². The van der Waals surface area contributed by atoms with Crippen LogP contribution in [0.2, 0.25) is 0 Å². The van der Waals surface area contributed by atoms with Gasteiger partial charge in [0.15, 0.2) is 0 Å². The van der Waals surface area contributed by atoms with Gasteiger partial charge in [-0.1, -0.05) is 113 Å². The van der Waals surface area contributed by atoms with Crippen molar-refractivity contribution in [3.63, 3.8) is 0 Å². The Balaban J connectivity index is 1.42. The monoisotopic (exact) mass is 1240 g/mol. The summed E-state index contributed by atoms with van der Waals surface area (Å²) in [4.78, 5) is 133. The second-order valence-electron chi connectivity index (χ2n) is 23.1. The fourth-order valence-corrected chi connectivity index (χ4v) is 11.6. The summed E-state index contributed by atoms with van der Waals surface area (Å²) in [5.74, 6) is -7.74. The Hall–Kier alpha value is -8.29. The summed E-state index contributed by atoms with van der Waals surface area (Å²) in [7, 11) is 1.85. The number of H-pyrrole nitrogens is 1.